The van der Waals surface area contributed by atoms with E-state index in [1.807, 2.05) is 6.08 Å². The Morgan fingerprint density at radius 3 is 0.821 bits per heavy atom. The van der Waals surface area contributed by atoms with Gasteiger partial charge in [-0.15, -0.1) is 0 Å². The van der Waals surface area contributed by atoms with E-state index >= 15 is 0 Å². The van der Waals surface area contributed by atoms with Crippen LogP contribution < -0.4 is 5.32 Å². The van der Waals surface area contributed by atoms with E-state index in [4.69, 9.17) is 4.74 Å². The molecule has 0 aromatic heterocycles. The van der Waals surface area contributed by atoms with Crippen LogP contribution in [-0.2, 0) is 14.3 Å². The molecule has 6 nitrogen and oxygen atoms in total. The van der Waals surface area contributed by atoms with Gasteiger partial charge in [0.1, 0.15) is 0 Å². The number of allylic oxidation sites excluding steroid dienone is 5. The van der Waals surface area contributed by atoms with Crippen molar-refractivity contribution in [2.24, 2.45) is 0 Å². The van der Waals surface area contributed by atoms with Gasteiger partial charge >= 0.3 is 5.97 Å². The van der Waals surface area contributed by atoms with Crippen molar-refractivity contribution in [1.82, 2.24) is 5.32 Å². The fourth-order valence-corrected chi connectivity index (χ4v) is 14.0. The van der Waals surface area contributed by atoms with E-state index in [1.54, 1.807) is 6.08 Å². The fourth-order valence-electron chi connectivity index (χ4n) is 14.0. The second kappa shape index (κ2) is 84.5. The highest BCUT2D eigenvalue weighted by Gasteiger charge is 2.18. The van der Waals surface area contributed by atoms with Crippen LogP contribution in [0.3, 0.4) is 0 Å². The van der Waals surface area contributed by atoms with Gasteiger partial charge in [0, 0.05) is 12.8 Å². The van der Waals surface area contributed by atoms with Crippen LogP contribution in [0.2, 0.25) is 0 Å². The van der Waals surface area contributed by atoms with E-state index in [0.717, 1.165) is 44.9 Å². The molecule has 2 unspecified atom stereocenters. The number of hydrogen-bond acceptors (Lipinski definition) is 5. The number of amides is 1. The average molecular weight is 1340 g/mol. The van der Waals surface area contributed by atoms with Gasteiger partial charge < -0.3 is 20.3 Å². The molecule has 3 N–H and O–H groups in total. The number of esters is 1. The standard InChI is InChI=1S/C89H171NO5/c1-3-5-7-9-11-13-15-17-19-21-23-46-49-53-57-61-65-69-73-77-81-87(92)86(85-91)90-88(93)82-78-74-70-66-62-58-54-50-47-43-41-39-37-35-33-31-29-27-25-24-26-28-30-32-34-36-38-40-42-44-48-52-56-60-64-68-72-76-80-84-95-89(94)83-79-75-71-67-63-59-55-51-45-22-20-18-16-14-12-10-8-6-4-2/h12,14,18,20,77,81,86-87,91-92H,3-11,13,15-17,19,21-76,78-80,82-85H2,1-2H3,(H,90,93)/b14-12-,20-18-,81-77+. The summed E-state index contributed by atoms with van der Waals surface area (Å²) < 4.78 is 5.52. The Kier molecular flexibility index (Phi) is 82.8. The third-order valence-electron chi connectivity index (χ3n) is 20.7. The van der Waals surface area contributed by atoms with Gasteiger partial charge in [0.05, 0.1) is 25.4 Å². The Morgan fingerprint density at radius 1 is 0.295 bits per heavy atom. The SMILES string of the molecule is CCCCC/C=C\C/C=C\CCCCCCCCCCCC(=O)OCCCCCCCCCCCCCCCCCCCCCCCCCCCCCCCCCCCCCCCCCC(=O)NC(CO)C(O)/C=C/CCCCCCCCCCCCCCCCCCCC. The highest BCUT2D eigenvalue weighted by molar-refractivity contribution is 5.76. The summed E-state index contributed by atoms with van der Waals surface area (Å²) in [5, 5.41) is 23.3. The van der Waals surface area contributed by atoms with E-state index in [1.165, 1.54) is 424 Å². The van der Waals surface area contributed by atoms with Crippen LogP contribution >= 0.6 is 0 Å². The number of carbonyl (C=O) groups is 2. The second-order valence-corrected chi connectivity index (χ2v) is 30.2. The Morgan fingerprint density at radius 2 is 0.526 bits per heavy atom. The van der Waals surface area contributed by atoms with Crippen LogP contribution in [0.15, 0.2) is 36.5 Å². The predicted octanol–water partition coefficient (Wildman–Crippen LogP) is 29.3. The normalized spacial score (nSPS) is 12.6. The van der Waals surface area contributed by atoms with Crippen molar-refractivity contribution < 1.29 is 24.5 Å². The van der Waals surface area contributed by atoms with Crippen LogP contribution in [-0.4, -0.2) is 47.4 Å². The Hall–Kier alpha value is -1.92. The number of rotatable bonds is 83. The number of unbranched alkanes of at least 4 members (excludes halogenated alkanes) is 68. The summed E-state index contributed by atoms with van der Waals surface area (Å²) in [6.45, 7) is 4.94. The molecule has 95 heavy (non-hydrogen) atoms. The number of aliphatic hydroxyl groups excluding tert-OH is 2. The minimum atomic E-state index is -0.841. The van der Waals surface area contributed by atoms with Crippen molar-refractivity contribution in [1.29, 1.82) is 0 Å². The molecule has 0 aromatic carbocycles. The minimum Gasteiger partial charge on any atom is -0.466 e. The van der Waals surface area contributed by atoms with Crippen molar-refractivity contribution in [2.45, 2.75) is 508 Å². The molecule has 1 amide bonds. The lowest BCUT2D eigenvalue weighted by Crippen LogP contribution is -2.45. The monoisotopic (exact) mass is 1330 g/mol. The fraction of sp³-hybridized carbons (Fsp3) is 0.910. The summed E-state index contributed by atoms with van der Waals surface area (Å²) in [6, 6.07) is -0.624. The maximum Gasteiger partial charge on any atom is 0.305 e. The average Bonchev–Trinajstić information content (AvgIpc) is 2.96. The zero-order valence-corrected chi connectivity index (χ0v) is 64.7. The molecule has 0 radical (unpaired) electrons. The number of aliphatic hydroxyl groups is 2. The van der Waals surface area contributed by atoms with Crippen molar-refractivity contribution in [3.63, 3.8) is 0 Å². The molecule has 0 saturated carbocycles. The first-order valence-corrected chi connectivity index (χ1v) is 43.8. The summed E-state index contributed by atoms with van der Waals surface area (Å²) in [6.07, 6.45) is 112. The van der Waals surface area contributed by atoms with Gasteiger partial charge in [-0.25, -0.2) is 0 Å². The topological polar surface area (TPSA) is 95.9 Å². The molecule has 0 bridgehead atoms. The van der Waals surface area contributed by atoms with Gasteiger partial charge in [-0.2, -0.15) is 0 Å². The zero-order valence-electron chi connectivity index (χ0n) is 64.7. The Balaban J connectivity index is 3.31. The first-order valence-electron chi connectivity index (χ1n) is 43.8. The quantitative estimate of drug-likeness (QED) is 0.0320. The van der Waals surface area contributed by atoms with Crippen molar-refractivity contribution in [3.8, 4) is 0 Å². The summed E-state index contributed by atoms with van der Waals surface area (Å²) >= 11 is 0. The van der Waals surface area contributed by atoms with Gasteiger partial charge in [-0.05, 0) is 64.2 Å². The van der Waals surface area contributed by atoms with Gasteiger partial charge in [0.25, 0.3) is 0 Å². The molecule has 0 heterocycles. The first-order chi connectivity index (χ1) is 47.0. The molecule has 562 valence electrons. The van der Waals surface area contributed by atoms with Gasteiger partial charge in [0.2, 0.25) is 5.91 Å². The van der Waals surface area contributed by atoms with Crippen LogP contribution in [0, 0.1) is 0 Å². The van der Waals surface area contributed by atoms with Crippen LogP contribution in [0.4, 0.5) is 0 Å². The predicted molar refractivity (Wildman–Crippen MR) is 421 cm³/mol. The number of ether oxygens (including phenoxy) is 1. The largest absolute Gasteiger partial charge is 0.466 e. The molecule has 0 spiro atoms. The van der Waals surface area contributed by atoms with Crippen molar-refractivity contribution in [2.75, 3.05) is 13.2 Å². The molecular formula is C89H171NO5. The van der Waals surface area contributed by atoms with E-state index in [0.29, 0.717) is 19.4 Å². The number of hydrogen-bond donors (Lipinski definition) is 3. The molecule has 6 heteroatoms. The lowest BCUT2D eigenvalue weighted by molar-refractivity contribution is -0.143. The van der Waals surface area contributed by atoms with E-state index in [-0.39, 0.29) is 18.5 Å². The molecule has 0 aliphatic rings. The van der Waals surface area contributed by atoms with Gasteiger partial charge in [-0.3, -0.25) is 9.59 Å². The molecule has 0 aliphatic heterocycles. The van der Waals surface area contributed by atoms with Crippen LogP contribution in [0.5, 0.6) is 0 Å². The van der Waals surface area contributed by atoms with Crippen molar-refractivity contribution >= 4 is 11.9 Å². The molecule has 0 aliphatic carbocycles. The van der Waals surface area contributed by atoms with Gasteiger partial charge in [0.15, 0.2) is 0 Å². The minimum absolute atomic E-state index is 0.0210. The molecule has 2 atom stereocenters. The molecule has 0 aromatic rings. The summed E-state index contributed by atoms with van der Waals surface area (Å²) in [5.41, 5.74) is 0. The number of carbonyl (C=O) groups excluding carboxylic acids is 2. The van der Waals surface area contributed by atoms with E-state index in [9.17, 15) is 19.8 Å². The third kappa shape index (κ3) is 80.9. The molecular weight excluding hydrogens is 1160 g/mol. The summed E-state index contributed by atoms with van der Waals surface area (Å²) in [5.74, 6) is -0.0360. The number of nitrogens with one attached hydrogen (secondary N) is 1. The second-order valence-electron chi connectivity index (χ2n) is 30.2. The maximum atomic E-state index is 12.5. The highest BCUT2D eigenvalue weighted by Crippen LogP contribution is 2.21. The lowest BCUT2D eigenvalue weighted by Gasteiger charge is -2.20. The Bertz CT molecular complexity index is 1540. The van der Waals surface area contributed by atoms with Crippen LogP contribution in [0.1, 0.15) is 495 Å². The summed E-state index contributed by atoms with van der Waals surface area (Å²) in [7, 11) is 0. The maximum absolute atomic E-state index is 12.5. The third-order valence-corrected chi connectivity index (χ3v) is 20.7. The van der Waals surface area contributed by atoms with E-state index < -0.39 is 12.1 Å². The van der Waals surface area contributed by atoms with Gasteiger partial charge in [-0.1, -0.05) is 455 Å². The smallest absolute Gasteiger partial charge is 0.305 e. The highest BCUT2D eigenvalue weighted by atomic mass is 16.5. The first kappa shape index (κ1) is 93.1. The molecule has 0 saturated heterocycles. The van der Waals surface area contributed by atoms with Crippen molar-refractivity contribution in [3.05, 3.63) is 36.5 Å². The zero-order chi connectivity index (χ0) is 68.4. The Labute approximate surface area is 595 Å². The van der Waals surface area contributed by atoms with Crippen LogP contribution in [0.25, 0.3) is 0 Å². The lowest BCUT2D eigenvalue weighted by atomic mass is 10.0. The van der Waals surface area contributed by atoms with E-state index in [2.05, 4.69) is 43.5 Å². The molecule has 0 fully saturated rings. The summed E-state index contributed by atoms with van der Waals surface area (Å²) in [4.78, 5) is 24.7. The molecule has 0 rings (SSSR count).